The number of nitrogens with zero attached hydrogens (tertiary/aromatic N) is 4. The fourth-order valence-electron chi connectivity index (χ4n) is 4.54. The minimum atomic E-state index is -0.788. The van der Waals surface area contributed by atoms with Crippen molar-refractivity contribution in [1.82, 2.24) is 19.7 Å². The summed E-state index contributed by atoms with van der Waals surface area (Å²) in [5, 5.41) is 4.48. The zero-order valence-corrected chi connectivity index (χ0v) is 18.8. The van der Waals surface area contributed by atoms with Crippen LogP contribution in [0.25, 0.3) is 11.1 Å². The van der Waals surface area contributed by atoms with E-state index in [0.29, 0.717) is 25.9 Å². The SMILES string of the molecule is Cc1nn(CC(=O)N2CCC(Cc3ccccc3-c3ccncc3)(C(N)=O)C2)c(C)c1C. The van der Waals surface area contributed by atoms with Crippen molar-refractivity contribution in [3.8, 4) is 11.1 Å². The van der Waals surface area contributed by atoms with E-state index < -0.39 is 5.41 Å². The Bertz CT molecular complexity index is 1150. The Morgan fingerprint density at radius 3 is 2.47 bits per heavy atom. The highest BCUT2D eigenvalue weighted by atomic mass is 16.2. The van der Waals surface area contributed by atoms with Crippen LogP contribution >= 0.6 is 0 Å². The first kappa shape index (κ1) is 21.7. The zero-order chi connectivity index (χ0) is 22.9. The van der Waals surface area contributed by atoms with Crippen LogP contribution in [0.1, 0.15) is 28.9 Å². The lowest BCUT2D eigenvalue weighted by Gasteiger charge is -2.27. The molecule has 1 atom stereocenters. The number of aryl methyl sites for hydroxylation is 1. The molecule has 3 aromatic rings. The standard InChI is InChI=1S/C25H29N5O2/c1-17-18(2)28-30(19(17)3)15-23(31)29-13-10-25(16-29,24(26)32)14-21-6-4-5-7-22(21)20-8-11-27-12-9-20/h4-9,11-12H,10,13-16H2,1-3H3,(H2,26,32). The van der Waals surface area contributed by atoms with Crippen molar-refractivity contribution < 1.29 is 9.59 Å². The van der Waals surface area contributed by atoms with Gasteiger partial charge in [0.1, 0.15) is 6.54 Å². The predicted molar refractivity (Wildman–Crippen MR) is 123 cm³/mol. The lowest BCUT2D eigenvalue weighted by atomic mass is 9.78. The average molecular weight is 432 g/mol. The Balaban J connectivity index is 1.56. The summed E-state index contributed by atoms with van der Waals surface area (Å²) in [6.07, 6.45) is 4.55. The molecule has 4 rings (SSSR count). The second kappa shape index (κ2) is 8.57. The maximum atomic E-state index is 13.0. The van der Waals surface area contributed by atoms with Crippen LogP contribution < -0.4 is 5.73 Å². The summed E-state index contributed by atoms with van der Waals surface area (Å²) in [6, 6.07) is 11.9. The van der Waals surface area contributed by atoms with E-state index in [1.165, 1.54) is 0 Å². The molecule has 2 amide bonds. The lowest BCUT2D eigenvalue weighted by molar-refractivity contribution is -0.132. The summed E-state index contributed by atoms with van der Waals surface area (Å²) in [5.74, 6) is -0.402. The highest BCUT2D eigenvalue weighted by Gasteiger charge is 2.45. The Kier molecular flexibility index (Phi) is 5.82. The van der Waals surface area contributed by atoms with E-state index in [2.05, 4.69) is 10.1 Å². The summed E-state index contributed by atoms with van der Waals surface area (Å²) in [4.78, 5) is 31.6. The van der Waals surface area contributed by atoms with Gasteiger partial charge in [-0.1, -0.05) is 24.3 Å². The molecule has 7 nitrogen and oxygen atoms in total. The Hall–Kier alpha value is -3.48. The zero-order valence-electron chi connectivity index (χ0n) is 18.8. The van der Waals surface area contributed by atoms with Gasteiger partial charge in [0.15, 0.2) is 0 Å². The highest BCUT2D eigenvalue weighted by Crippen LogP contribution is 2.37. The highest BCUT2D eigenvalue weighted by molar-refractivity contribution is 5.85. The van der Waals surface area contributed by atoms with E-state index in [-0.39, 0.29) is 18.4 Å². The van der Waals surface area contributed by atoms with Gasteiger partial charge in [0.25, 0.3) is 0 Å². The van der Waals surface area contributed by atoms with Gasteiger partial charge in [-0.3, -0.25) is 19.3 Å². The number of benzene rings is 1. The summed E-state index contributed by atoms with van der Waals surface area (Å²) in [5.41, 5.74) is 11.3. The molecule has 1 aliphatic rings. The fraction of sp³-hybridized carbons (Fsp3) is 0.360. The molecule has 2 aromatic heterocycles. The molecule has 166 valence electrons. The second-order valence-electron chi connectivity index (χ2n) is 8.73. The molecular weight excluding hydrogens is 402 g/mol. The molecular formula is C25H29N5O2. The van der Waals surface area contributed by atoms with Crippen LogP contribution in [0.3, 0.4) is 0 Å². The molecule has 0 aliphatic carbocycles. The van der Waals surface area contributed by atoms with Gasteiger partial charge in [-0.2, -0.15) is 5.10 Å². The number of aromatic nitrogens is 3. The van der Waals surface area contributed by atoms with Gasteiger partial charge in [0.2, 0.25) is 11.8 Å². The van der Waals surface area contributed by atoms with Crippen molar-refractivity contribution >= 4 is 11.8 Å². The molecule has 0 spiro atoms. The first-order valence-electron chi connectivity index (χ1n) is 10.9. The van der Waals surface area contributed by atoms with Crippen molar-refractivity contribution in [3.63, 3.8) is 0 Å². The third-order valence-electron chi connectivity index (χ3n) is 6.80. The smallest absolute Gasteiger partial charge is 0.244 e. The van der Waals surface area contributed by atoms with Gasteiger partial charge in [0.05, 0.1) is 11.1 Å². The van der Waals surface area contributed by atoms with Gasteiger partial charge in [-0.05, 0) is 68.0 Å². The lowest BCUT2D eigenvalue weighted by Crippen LogP contribution is -2.43. The van der Waals surface area contributed by atoms with E-state index in [4.69, 9.17) is 5.73 Å². The molecule has 0 radical (unpaired) electrons. The number of rotatable bonds is 6. The minimum absolute atomic E-state index is 0.0406. The number of likely N-dealkylation sites (tertiary alicyclic amines) is 1. The Morgan fingerprint density at radius 1 is 1.09 bits per heavy atom. The molecule has 1 fully saturated rings. The molecule has 2 N–H and O–H groups in total. The minimum Gasteiger partial charge on any atom is -0.369 e. The Labute approximate surface area is 188 Å². The molecule has 0 bridgehead atoms. The van der Waals surface area contributed by atoms with Gasteiger partial charge < -0.3 is 10.6 Å². The molecule has 0 saturated carbocycles. The molecule has 1 aromatic carbocycles. The van der Waals surface area contributed by atoms with Crippen molar-refractivity contribution in [2.45, 2.75) is 40.2 Å². The van der Waals surface area contributed by atoms with Gasteiger partial charge >= 0.3 is 0 Å². The van der Waals surface area contributed by atoms with Crippen molar-refractivity contribution in [2.24, 2.45) is 11.1 Å². The fourth-order valence-corrected chi connectivity index (χ4v) is 4.54. The summed E-state index contributed by atoms with van der Waals surface area (Å²) < 4.78 is 1.75. The van der Waals surface area contributed by atoms with Crippen LogP contribution in [0.5, 0.6) is 0 Å². The monoisotopic (exact) mass is 431 g/mol. The van der Waals surface area contributed by atoms with E-state index >= 15 is 0 Å². The predicted octanol–water partition coefficient (Wildman–Crippen LogP) is 2.82. The molecule has 1 saturated heterocycles. The van der Waals surface area contributed by atoms with Gasteiger partial charge in [-0.25, -0.2) is 0 Å². The van der Waals surface area contributed by atoms with Crippen molar-refractivity contribution in [1.29, 1.82) is 0 Å². The van der Waals surface area contributed by atoms with Crippen LogP contribution in [0.4, 0.5) is 0 Å². The van der Waals surface area contributed by atoms with Crippen LogP contribution in [-0.2, 0) is 22.6 Å². The van der Waals surface area contributed by atoms with Crippen LogP contribution in [0.2, 0.25) is 0 Å². The third kappa shape index (κ3) is 4.02. The number of amides is 2. The number of pyridine rings is 1. The molecule has 32 heavy (non-hydrogen) atoms. The molecule has 1 unspecified atom stereocenters. The number of carbonyl (C=O) groups excluding carboxylic acids is 2. The summed E-state index contributed by atoms with van der Waals surface area (Å²) >= 11 is 0. The first-order valence-corrected chi connectivity index (χ1v) is 10.9. The van der Waals surface area contributed by atoms with E-state index in [0.717, 1.165) is 33.6 Å². The van der Waals surface area contributed by atoms with Crippen LogP contribution in [0, 0.1) is 26.2 Å². The number of nitrogens with two attached hydrogens (primary N) is 1. The van der Waals surface area contributed by atoms with E-state index in [1.54, 1.807) is 22.0 Å². The second-order valence-corrected chi connectivity index (χ2v) is 8.73. The maximum absolute atomic E-state index is 13.0. The van der Waals surface area contributed by atoms with Crippen LogP contribution in [-0.4, -0.2) is 44.6 Å². The number of hydrogen-bond donors (Lipinski definition) is 1. The van der Waals surface area contributed by atoms with Gasteiger partial charge in [0, 0.05) is 31.2 Å². The topological polar surface area (TPSA) is 94.1 Å². The average Bonchev–Trinajstić information content (AvgIpc) is 3.33. The van der Waals surface area contributed by atoms with Gasteiger partial charge in [-0.15, -0.1) is 0 Å². The van der Waals surface area contributed by atoms with Crippen LogP contribution in [0.15, 0.2) is 48.8 Å². The normalized spacial score (nSPS) is 18.2. The quantitative estimate of drug-likeness (QED) is 0.649. The molecule has 3 heterocycles. The number of carbonyl (C=O) groups is 2. The maximum Gasteiger partial charge on any atom is 0.244 e. The van der Waals surface area contributed by atoms with Crippen molar-refractivity contribution in [2.75, 3.05) is 13.1 Å². The summed E-state index contributed by atoms with van der Waals surface area (Å²) in [6.45, 7) is 6.92. The molecule has 7 heteroatoms. The third-order valence-corrected chi connectivity index (χ3v) is 6.80. The number of primary amides is 1. The molecule has 1 aliphatic heterocycles. The number of hydrogen-bond acceptors (Lipinski definition) is 4. The Morgan fingerprint density at radius 2 is 1.81 bits per heavy atom. The largest absolute Gasteiger partial charge is 0.369 e. The van der Waals surface area contributed by atoms with E-state index in [9.17, 15) is 9.59 Å². The summed E-state index contributed by atoms with van der Waals surface area (Å²) in [7, 11) is 0. The van der Waals surface area contributed by atoms with Crippen molar-refractivity contribution in [3.05, 3.63) is 71.3 Å². The first-order chi connectivity index (χ1) is 15.3. The van der Waals surface area contributed by atoms with E-state index in [1.807, 2.05) is 57.2 Å².